The Labute approximate surface area is 82.9 Å². The summed E-state index contributed by atoms with van der Waals surface area (Å²) >= 11 is 8.11. The highest BCUT2D eigenvalue weighted by atomic mass is 127. The molecule has 0 aliphatic rings. The van der Waals surface area contributed by atoms with Gasteiger partial charge in [-0.15, -0.1) is 0 Å². The van der Waals surface area contributed by atoms with Crippen LogP contribution in [0.25, 0.3) is 10.9 Å². The van der Waals surface area contributed by atoms with E-state index in [4.69, 9.17) is 11.6 Å². The standard InChI is InChI=1S/C8H5ClIN/c9-5-1-2-8-6(3-5)7(10)4-11-8/h1-4,11H. The fourth-order valence-corrected chi connectivity index (χ4v) is 1.83. The van der Waals surface area contributed by atoms with Crippen LogP contribution >= 0.6 is 34.2 Å². The number of H-pyrrole nitrogens is 1. The molecule has 1 aromatic heterocycles. The third-order valence-corrected chi connectivity index (χ3v) is 2.72. The monoisotopic (exact) mass is 277 g/mol. The number of hydrogen-bond acceptors (Lipinski definition) is 0. The number of nitrogens with one attached hydrogen (secondary N) is 1. The molecule has 0 radical (unpaired) electrons. The van der Waals surface area contributed by atoms with Crippen molar-refractivity contribution in [1.29, 1.82) is 0 Å². The Morgan fingerprint density at radius 1 is 1.36 bits per heavy atom. The van der Waals surface area contributed by atoms with Crippen molar-refractivity contribution < 1.29 is 0 Å². The second-order valence-corrected chi connectivity index (χ2v) is 3.93. The molecule has 3 heteroatoms. The molecule has 1 nitrogen and oxygen atoms in total. The van der Waals surface area contributed by atoms with Crippen LogP contribution in [-0.4, -0.2) is 4.98 Å². The van der Waals surface area contributed by atoms with Gasteiger partial charge in [-0.1, -0.05) is 11.6 Å². The summed E-state index contributed by atoms with van der Waals surface area (Å²) in [7, 11) is 0. The van der Waals surface area contributed by atoms with E-state index in [1.165, 1.54) is 8.96 Å². The first kappa shape index (κ1) is 7.43. The average molecular weight is 277 g/mol. The second kappa shape index (κ2) is 2.68. The Morgan fingerprint density at radius 3 is 3.00 bits per heavy atom. The van der Waals surface area contributed by atoms with Crippen LogP contribution in [0.3, 0.4) is 0 Å². The minimum Gasteiger partial charge on any atom is -0.360 e. The molecular formula is C8H5ClIN. The molecule has 0 saturated heterocycles. The highest BCUT2D eigenvalue weighted by Crippen LogP contribution is 2.22. The van der Waals surface area contributed by atoms with Crippen LogP contribution in [0.15, 0.2) is 24.4 Å². The Kier molecular flexibility index (Phi) is 1.81. The van der Waals surface area contributed by atoms with Crippen molar-refractivity contribution in [2.75, 3.05) is 0 Å². The first-order valence-electron chi connectivity index (χ1n) is 3.19. The summed E-state index contributed by atoms with van der Waals surface area (Å²) in [6.07, 6.45) is 1.97. The first-order chi connectivity index (χ1) is 5.27. The largest absolute Gasteiger partial charge is 0.360 e. The fraction of sp³-hybridized carbons (Fsp3) is 0. The molecule has 0 aliphatic carbocycles. The minimum absolute atomic E-state index is 0.787. The summed E-state index contributed by atoms with van der Waals surface area (Å²) in [4.78, 5) is 3.15. The second-order valence-electron chi connectivity index (χ2n) is 2.33. The summed E-state index contributed by atoms with van der Waals surface area (Å²) in [6, 6.07) is 5.84. The molecule has 0 aliphatic heterocycles. The van der Waals surface area contributed by atoms with Crippen molar-refractivity contribution in [3.05, 3.63) is 33.0 Å². The van der Waals surface area contributed by atoms with Gasteiger partial charge in [-0.25, -0.2) is 0 Å². The molecule has 2 aromatic rings. The van der Waals surface area contributed by atoms with Gasteiger partial charge in [0.1, 0.15) is 0 Å². The zero-order chi connectivity index (χ0) is 7.84. The fourth-order valence-electron chi connectivity index (χ4n) is 1.06. The molecule has 0 spiro atoms. The number of rotatable bonds is 0. The van der Waals surface area contributed by atoms with E-state index in [1.807, 2.05) is 24.4 Å². The lowest BCUT2D eigenvalue weighted by molar-refractivity contribution is 1.47. The van der Waals surface area contributed by atoms with Gasteiger partial charge in [0.2, 0.25) is 0 Å². The van der Waals surface area contributed by atoms with Crippen molar-refractivity contribution in [3.8, 4) is 0 Å². The summed E-state index contributed by atoms with van der Waals surface area (Å²) in [5.41, 5.74) is 1.14. The smallest absolute Gasteiger partial charge is 0.0466 e. The first-order valence-corrected chi connectivity index (χ1v) is 4.65. The molecule has 0 fully saturated rings. The number of benzene rings is 1. The molecule has 0 amide bonds. The lowest BCUT2D eigenvalue weighted by atomic mass is 10.2. The van der Waals surface area contributed by atoms with Gasteiger partial charge in [-0.2, -0.15) is 0 Å². The molecule has 0 atom stereocenters. The van der Waals surface area contributed by atoms with Crippen LogP contribution in [0.1, 0.15) is 0 Å². The molecule has 56 valence electrons. The summed E-state index contributed by atoms with van der Waals surface area (Å²) < 4.78 is 1.21. The van der Waals surface area contributed by atoms with E-state index in [2.05, 4.69) is 27.6 Å². The van der Waals surface area contributed by atoms with E-state index in [-0.39, 0.29) is 0 Å². The van der Waals surface area contributed by atoms with Crippen molar-refractivity contribution in [3.63, 3.8) is 0 Å². The Bertz CT molecular complexity index is 394. The van der Waals surface area contributed by atoms with Crippen LogP contribution in [0, 0.1) is 3.57 Å². The maximum Gasteiger partial charge on any atom is 0.0466 e. The Hall–Kier alpha value is -0.220. The van der Waals surface area contributed by atoms with E-state index in [9.17, 15) is 0 Å². The van der Waals surface area contributed by atoms with E-state index in [1.54, 1.807) is 0 Å². The zero-order valence-electron chi connectivity index (χ0n) is 5.57. The number of aromatic amines is 1. The van der Waals surface area contributed by atoms with Crippen molar-refractivity contribution in [2.24, 2.45) is 0 Å². The van der Waals surface area contributed by atoms with Gasteiger partial charge in [0.15, 0.2) is 0 Å². The quantitative estimate of drug-likeness (QED) is 0.710. The van der Waals surface area contributed by atoms with Gasteiger partial charge in [-0.3, -0.25) is 0 Å². The van der Waals surface area contributed by atoms with Crippen LogP contribution in [-0.2, 0) is 0 Å². The molecule has 1 heterocycles. The number of halogens is 2. The third kappa shape index (κ3) is 1.25. The van der Waals surface area contributed by atoms with Gasteiger partial charge in [0.05, 0.1) is 0 Å². The molecule has 2 rings (SSSR count). The van der Waals surface area contributed by atoms with Gasteiger partial charge in [0, 0.05) is 25.7 Å². The van der Waals surface area contributed by atoms with Crippen molar-refractivity contribution >= 4 is 45.1 Å². The van der Waals surface area contributed by atoms with Crippen LogP contribution in [0.4, 0.5) is 0 Å². The summed E-state index contributed by atoms with van der Waals surface area (Å²) in [5, 5.41) is 1.98. The molecule has 0 saturated carbocycles. The number of aromatic nitrogens is 1. The SMILES string of the molecule is Clc1ccc2[nH]cc(I)c2c1. The minimum atomic E-state index is 0.787. The van der Waals surface area contributed by atoms with Gasteiger partial charge in [-0.05, 0) is 40.8 Å². The number of hydrogen-bond donors (Lipinski definition) is 1. The third-order valence-electron chi connectivity index (χ3n) is 1.59. The van der Waals surface area contributed by atoms with E-state index < -0.39 is 0 Å². The lowest BCUT2D eigenvalue weighted by Gasteiger charge is -1.90. The van der Waals surface area contributed by atoms with Gasteiger partial charge < -0.3 is 4.98 Å². The number of fused-ring (bicyclic) bond motifs is 1. The normalized spacial score (nSPS) is 10.7. The van der Waals surface area contributed by atoms with E-state index >= 15 is 0 Å². The van der Waals surface area contributed by atoms with Crippen LogP contribution in [0.5, 0.6) is 0 Å². The molecule has 1 aromatic carbocycles. The highest BCUT2D eigenvalue weighted by Gasteiger charge is 1.99. The zero-order valence-corrected chi connectivity index (χ0v) is 8.48. The van der Waals surface area contributed by atoms with Gasteiger partial charge >= 0.3 is 0 Å². The predicted octanol–water partition coefficient (Wildman–Crippen LogP) is 3.43. The Morgan fingerprint density at radius 2 is 2.18 bits per heavy atom. The summed E-state index contributed by atoms with van der Waals surface area (Å²) in [5.74, 6) is 0. The highest BCUT2D eigenvalue weighted by molar-refractivity contribution is 14.1. The molecule has 0 bridgehead atoms. The molecule has 0 unspecified atom stereocenters. The van der Waals surface area contributed by atoms with E-state index in [0.29, 0.717) is 0 Å². The average Bonchev–Trinajstić information content (AvgIpc) is 2.33. The van der Waals surface area contributed by atoms with Crippen molar-refractivity contribution in [1.82, 2.24) is 4.98 Å². The maximum atomic E-state index is 5.83. The van der Waals surface area contributed by atoms with Crippen LogP contribution < -0.4 is 0 Å². The molecule has 1 N–H and O–H groups in total. The van der Waals surface area contributed by atoms with Gasteiger partial charge in [0.25, 0.3) is 0 Å². The summed E-state index contributed by atoms with van der Waals surface area (Å²) in [6.45, 7) is 0. The molecular weight excluding hydrogens is 272 g/mol. The van der Waals surface area contributed by atoms with Crippen LogP contribution in [0.2, 0.25) is 5.02 Å². The topological polar surface area (TPSA) is 15.8 Å². The lowest BCUT2D eigenvalue weighted by Crippen LogP contribution is -1.67. The Balaban J connectivity index is 2.87. The van der Waals surface area contributed by atoms with Crippen molar-refractivity contribution in [2.45, 2.75) is 0 Å². The maximum absolute atomic E-state index is 5.83. The molecule has 11 heavy (non-hydrogen) atoms. The predicted molar refractivity (Wildman–Crippen MR) is 56.0 cm³/mol. The van der Waals surface area contributed by atoms with E-state index in [0.717, 1.165) is 10.5 Å².